The molecule has 0 spiro atoms. The summed E-state index contributed by atoms with van der Waals surface area (Å²) in [7, 11) is 1.82. The van der Waals surface area contributed by atoms with Gasteiger partial charge in [-0.1, -0.05) is 12.1 Å². The van der Waals surface area contributed by atoms with Crippen molar-refractivity contribution in [2.24, 2.45) is 7.05 Å². The summed E-state index contributed by atoms with van der Waals surface area (Å²) in [6.45, 7) is 8.06. The average Bonchev–Trinajstić information content (AvgIpc) is 3.07. The summed E-state index contributed by atoms with van der Waals surface area (Å²) in [5.74, 6) is 0.0470. The zero-order valence-corrected chi connectivity index (χ0v) is 21.3. The fourth-order valence-electron chi connectivity index (χ4n) is 5.06. The minimum absolute atomic E-state index is 0.0194. The van der Waals surface area contributed by atoms with Crippen molar-refractivity contribution in [1.82, 2.24) is 19.4 Å². The molecule has 0 aliphatic carbocycles. The maximum Gasteiger partial charge on any atom is 0.410 e. The van der Waals surface area contributed by atoms with Gasteiger partial charge in [0.25, 0.3) is 0 Å². The lowest BCUT2D eigenvalue weighted by Crippen LogP contribution is -2.43. The summed E-state index contributed by atoms with van der Waals surface area (Å²) in [5, 5.41) is 2.88. The quantitative estimate of drug-likeness (QED) is 0.633. The van der Waals surface area contributed by atoms with Gasteiger partial charge in [-0.15, -0.1) is 0 Å². The van der Waals surface area contributed by atoms with Gasteiger partial charge in [-0.2, -0.15) is 0 Å². The molecular weight excluding hydrogens is 448 g/mol. The van der Waals surface area contributed by atoms with E-state index in [2.05, 4.69) is 11.4 Å². The highest BCUT2D eigenvalue weighted by Gasteiger charge is 2.27. The van der Waals surface area contributed by atoms with Crippen LogP contribution in [-0.2, 0) is 27.7 Å². The normalized spacial score (nSPS) is 19.7. The molecule has 2 saturated heterocycles. The number of aryl methyl sites for hydroxylation is 2. The van der Waals surface area contributed by atoms with E-state index in [1.54, 1.807) is 9.47 Å². The Morgan fingerprint density at radius 3 is 2.54 bits per heavy atom. The van der Waals surface area contributed by atoms with Crippen molar-refractivity contribution in [1.29, 1.82) is 0 Å². The van der Waals surface area contributed by atoms with E-state index in [1.807, 2.05) is 44.5 Å². The van der Waals surface area contributed by atoms with Crippen molar-refractivity contribution >= 4 is 23.0 Å². The van der Waals surface area contributed by atoms with E-state index in [9.17, 15) is 14.4 Å². The average molecular weight is 487 g/mol. The molecule has 35 heavy (non-hydrogen) atoms. The molecule has 2 aliphatic rings. The summed E-state index contributed by atoms with van der Waals surface area (Å²) in [6.07, 6.45) is 4.30. The third kappa shape index (κ3) is 5.89. The molecule has 1 aromatic carbocycles. The van der Waals surface area contributed by atoms with E-state index in [0.29, 0.717) is 39.1 Å². The lowest BCUT2D eigenvalue weighted by molar-refractivity contribution is -0.122. The van der Waals surface area contributed by atoms with Crippen LogP contribution < -0.4 is 11.0 Å². The number of hydrogen-bond donors (Lipinski definition) is 1. The minimum Gasteiger partial charge on any atom is -0.444 e. The molecule has 1 N–H and O–H groups in total. The third-order valence-electron chi connectivity index (χ3n) is 6.83. The summed E-state index contributed by atoms with van der Waals surface area (Å²) < 4.78 is 15.1. The highest BCUT2D eigenvalue weighted by atomic mass is 16.6. The number of rotatable bonds is 6. The monoisotopic (exact) mass is 486 g/mol. The molecule has 0 radical (unpaired) electrons. The predicted molar refractivity (Wildman–Crippen MR) is 134 cm³/mol. The molecule has 192 valence electrons. The number of hydrogen-bond acceptors (Lipinski definition) is 5. The fraction of sp³-hybridized carbons (Fsp3) is 0.654. The number of benzene rings is 1. The maximum atomic E-state index is 13.1. The highest BCUT2D eigenvalue weighted by molar-refractivity contribution is 5.80. The largest absolute Gasteiger partial charge is 0.444 e. The van der Waals surface area contributed by atoms with Crippen LogP contribution in [0, 0.1) is 0 Å². The van der Waals surface area contributed by atoms with Gasteiger partial charge < -0.3 is 19.7 Å². The summed E-state index contributed by atoms with van der Waals surface area (Å²) >= 11 is 0. The first kappa shape index (κ1) is 25.3. The maximum absolute atomic E-state index is 13.1. The molecular formula is C26H38N4O5. The van der Waals surface area contributed by atoms with Gasteiger partial charge in [0.1, 0.15) is 5.60 Å². The Kier molecular flexibility index (Phi) is 7.54. The first-order chi connectivity index (χ1) is 16.6. The number of amides is 2. The van der Waals surface area contributed by atoms with Gasteiger partial charge in [-0.05, 0) is 64.5 Å². The van der Waals surface area contributed by atoms with E-state index in [0.717, 1.165) is 42.3 Å². The number of likely N-dealkylation sites (tertiary alicyclic amines) is 1. The Morgan fingerprint density at radius 1 is 1.14 bits per heavy atom. The molecule has 0 saturated carbocycles. The van der Waals surface area contributed by atoms with Gasteiger partial charge in [0.15, 0.2) is 0 Å². The van der Waals surface area contributed by atoms with Gasteiger partial charge in [0.2, 0.25) is 5.91 Å². The molecule has 9 nitrogen and oxygen atoms in total. The zero-order valence-electron chi connectivity index (χ0n) is 21.3. The van der Waals surface area contributed by atoms with E-state index in [4.69, 9.17) is 9.47 Å². The van der Waals surface area contributed by atoms with Crippen LogP contribution in [0.15, 0.2) is 23.0 Å². The van der Waals surface area contributed by atoms with Gasteiger partial charge in [-0.3, -0.25) is 13.9 Å². The number of para-hydroxylation sites is 1. The number of nitrogens with one attached hydrogen (secondary N) is 1. The molecule has 2 aromatic rings. The first-order valence-electron chi connectivity index (χ1n) is 12.7. The van der Waals surface area contributed by atoms with Crippen LogP contribution >= 0.6 is 0 Å². The summed E-state index contributed by atoms with van der Waals surface area (Å²) in [6, 6.07) is 6.05. The van der Waals surface area contributed by atoms with Crippen LogP contribution in [-0.4, -0.2) is 64.0 Å². The number of aromatic nitrogens is 2. The standard InChI is InChI=1S/C26H38N4O5/c1-26(2,3)35-25(33)29-14-12-20(13-15-29)34-16-6-8-18-7-5-9-21-23(18)28(4)24(32)30(21)19-10-11-22(31)27-17-19/h5,7,9,19-20H,6,8,10-17H2,1-4H3,(H,27,31). The molecule has 1 aromatic heterocycles. The molecule has 1 unspecified atom stereocenters. The fourth-order valence-corrected chi connectivity index (χ4v) is 5.06. The topological polar surface area (TPSA) is 94.8 Å². The predicted octanol–water partition coefficient (Wildman–Crippen LogP) is 3.14. The number of carbonyl (C=O) groups is 2. The number of imidazole rings is 1. The van der Waals surface area contributed by atoms with Crippen molar-refractivity contribution in [2.75, 3.05) is 26.2 Å². The van der Waals surface area contributed by atoms with Crippen molar-refractivity contribution in [3.05, 3.63) is 34.2 Å². The molecule has 0 bridgehead atoms. The SMILES string of the molecule is Cn1c(=O)n(C2CCC(=O)NC2)c2cccc(CCCOC3CCN(C(=O)OC(C)(C)C)CC3)c21. The smallest absolute Gasteiger partial charge is 0.410 e. The molecule has 2 aliphatic heterocycles. The van der Waals surface area contributed by atoms with Gasteiger partial charge in [-0.25, -0.2) is 9.59 Å². The third-order valence-corrected chi connectivity index (χ3v) is 6.83. The number of fused-ring (bicyclic) bond motifs is 1. The van der Waals surface area contributed by atoms with E-state index >= 15 is 0 Å². The van der Waals surface area contributed by atoms with E-state index < -0.39 is 5.60 Å². The van der Waals surface area contributed by atoms with E-state index in [1.165, 1.54) is 0 Å². The molecule has 9 heteroatoms. The Balaban J connectivity index is 1.31. The molecule has 2 amide bonds. The summed E-state index contributed by atoms with van der Waals surface area (Å²) in [4.78, 5) is 38.6. The number of carbonyl (C=O) groups excluding carboxylic acids is 2. The number of piperidine rings is 2. The molecule has 1 atom stereocenters. The van der Waals surface area contributed by atoms with Crippen LogP contribution in [0.2, 0.25) is 0 Å². The second kappa shape index (κ2) is 10.4. The van der Waals surface area contributed by atoms with Crippen molar-refractivity contribution in [2.45, 2.75) is 77.0 Å². The minimum atomic E-state index is -0.482. The van der Waals surface area contributed by atoms with Crippen LogP contribution in [0.5, 0.6) is 0 Å². The van der Waals surface area contributed by atoms with E-state index in [-0.39, 0.29) is 29.8 Å². The lowest BCUT2D eigenvalue weighted by Gasteiger charge is -2.33. The van der Waals surface area contributed by atoms with Gasteiger partial charge in [0, 0.05) is 39.7 Å². The summed E-state index contributed by atoms with van der Waals surface area (Å²) in [5.41, 5.74) is 2.49. The van der Waals surface area contributed by atoms with Crippen LogP contribution in [0.4, 0.5) is 4.79 Å². The Bertz CT molecular complexity index is 1110. The van der Waals surface area contributed by atoms with Crippen molar-refractivity contribution in [3.63, 3.8) is 0 Å². The molecule has 2 fully saturated rings. The zero-order chi connectivity index (χ0) is 25.2. The number of nitrogens with zero attached hydrogens (tertiary/aromatic N) is 3. The van der Waals surface area contributed by atoms with Gasteiger partial charge >= 0.3 is 11.8 Å². The number of ether oxygens (including phenoxy) is 2. The Morgan fingerprint density at radius 2 is 1.89 bits per heavy atom. The molecule has 4 rings (SSSR count). The lowest BCUT2D eigenvalue weighted by atomic mass is 10.1. The van der Waals surface area contributed by atoms with Crippen LogP contribution in [0.1, 0.15) is 64.5 Å². The van der Waals surface area contributed by atoms with Crippen molar-refractivity contribution in [3.8, 4) is 0 Å². The second-order valence-corrected chi connectivity index (χ2v) is 10.6. The first-order valence-corrected chi connectivity index (χ1v) is 12.7. The van der Waals surface area contributed by atoms with Gasteiger partial charge in [0.05, 0.1) is 23.2 Å². The second-order valence-electron chi connectivity index (χ2n) is 10.6. The van der Waals surface area contributed by atoms with Crippen LogP contribution in [0.3, 0.4) is 0 Å². The van der Waals surface area contributed by atoms with Crippen LogP contribution in [0.25, 0.3) is 11.0 Å². The Labute approximate surface area is 206 Å². The Hall–Kier alpha value is -2.81. The molecule has 3 heterocycles. The highest BCUT2D eigenvalue weighted by Crippen LogP contribution is 2.25. The van der Waals surface area contributed by atoms with Crippen molar-refractivity contribution < 1.29 is 19.1 Å².